The second-order valence-electron chi connectivity index (χ2n) is 8.03. The van der Waals surface area contributed by atoms with Crippen molar-refractivity contribution in [2.24, 2.45) is 16.8 Å². The minimum absolute atomic E-state index is 0. The van der Waals surface area contributed by atoms with Crippen LogP contribution < -0.4 is 5.32 Å². The van der Waals surface area contributed by atoms with E-state index in [9.17, 15) is 0 Å². The molecule has 0 amide bonds. The lowest BCUT2D eigenvalue weighted by atomic mass is 9.92. The van der Waals surface area contributed by atoms with E-state index in [4.69, 9.17) is 4.74 Å². The van der Waals surface area contributed by atoms with E-state index in [2.05, 4.69) is 40.9 Å². The number of aliphatic imine (C=N–C) groups is 1. The Morgan fingerprint density at radius 2 is 1.77 bits per heavy atom. The lowest BCUT2D eigenvalue weighted by Gasteiger charge is -2.35. The van der Waals surface area contributed by atoms with Crippen molar-refractivity contribution in [1.29, 1.82) is 0 Å². The number of guanidine groups is 1. The molecule has 26 heavy (non-hydrogen) atoms. The van der Waals surface area contributed by atoms with E-state index in [-0.39, 0.29) is 24.0 Å². The number of halogens is 1. The van der Waals surface area contributed by atoms with Gasteiger partial charge in [-0.05, 0) is 57.4 Å². The van der Waals surface area contributed by atoms with Crippen LogP contribution in [0.1, 0.15) is 52.9 Å². The van der Waals surface area contributed by atoms with Gasteiger partial charge >= 0.3 is 0 Å². The average Bonchev–Trinajstić information content (AvgIpc) is 2.58. The predicted molar refractivity (Wildman–Crippen MR) is 122 cm³/mol. The number of likely N-dealkylation sites (tertiary alicyclic amines) is 2. The van der Waals surface area contributed by atoms with Crippen molar-refractivity contribution in [3.8, 4) is 0 Å². The second-order valence-corrected chi connectivity index (χ2v) is 8.03. The molecule has 2 aliphatic heterocycles. The first-order valence-electron chi connectivity index (χ1n) is 10.4. The van der Waals surface area contributed by atoms with Crippen molar-refractivity contribution in [2.45, 2.75) is 59.0 Å². The largest absolute Gasteiger partial charge is 0.378 e. The topological polar surface area (TPSA) is 40.1 Å². The van der Waals surface area contributed by atoms with E-state index >= 15 is 0 Å². The molecule has 0 spiro atoms. The van der Waals surface area contributed by atoms with Crippen LogP contribution >= 0.6 is 24.0 Å². The van der Waals surface area contributed by atoms with Crippen molar-refractivity contribution < 1.29 is 4.74 Å². The molecule has 0 aromatic rings. The summed E-state index contributed by atoms with van der Waals surface area (Å²) in [5.74, 6) is 2.79. The molecule has 2 saturated heterocycles. The maximum absolute atomic E-state index is 5.74. The maximum Gasteiger partial charge on any atom is 0.193 e. The highest BCUT2D eigenvalue weighted by molar-refractivity contribution is 14.0. The summed E-state index contributed by atoms with van der Waals surface area (Å²) >= 11 is 0. The summed E-state index contributed by atoms with van der Waals surface area (Å²) < 4.78 is 5.74. The monoisotopic (exact) mass is 480 g/mol. The zero-order valence-corrected chi connectivity index (χ0v) is 19.7. The number of ether oxygens (including phenoxy) is 1. The Morgan fingerprint density at radius 1 is 1.12 bits per heavy atom. The van der Waals surface area contributed by atoms with E-state index in [1.807, 2.05) is 7.05 Å². The molecule has 6 heteroatoms. The van der Waals surface area contributed by atoms with Gasteiger partial charge in [-0.25, -0.2) is 0 Å². The van der Waals surface area contributed by atoms with Crippen molar-refractivity contribution in [1.82, 2.24) is 15.1 Å². The zero-order valence-electron chi connectivity index (χ0n) is 17.4. The molecule has 2 aliphatic rings. The Labute approximate surface area is 178 Å². The maximum atomic E-state index is 5.74. The summed E-state index contributed by atoms with van der Waals surface area (Å²) in [6.07, 6.45) is 6.55. The van der Waals surface area contributed by atoms with Crippen LogP contribution in [0.25, 0.3) is 0 Å². The number of piperidine rings is 2. The molecule has 0 aromatic carbocycles. The molecule has 1 N–H and O–H groups in total. The molecule has 0 bridgehead atoms. The summed E-state index contributed by atoms with van der Waals surface area (Å²) in [6.45, 7) is 14.6. The second kappa shape index (κ2) is 13.2. The van der Waals surface area contributed by atoms with Gasteiger partial charge in [0.1, 0.15) is 0 Å². The normalized spacial score (nSPS) is 25.8. The molecule has 0 aromatic heterocycles. The first-order valence-corrected chi connectivity index (χ1v) is 10.4. The zero-order chi connectivity index (χ0) is 18.1. The first-order chi connectivity index (χ1) is 12.1. The fraction of sp³-hybridized carbons (Fsp3) is 0.950. The van der Waals surface area contributed by atoms with E-state index in [1.54, 1.807) is 0 Å². The summed E-state index contributed by atoms with van der Waals surface area (Å²) in [5, 5.41) is 3.56. The number of rotatable bonds is 7. The van der Waals surface area contributed by atoms with Crippen LogP contribution in [0.2, 0.25) is 0 Å². The highest BCUT2D eigenvalue weighted by Gasteiger charge is 2.22. The standard InChI is InChI=1S/C20H40N4O.HI/c1-5-25-19-8-12-24(13-9-19)20(21-4)22-10-6-7-11-23-15-17(2)14-18(3)16-23;/h17-19H,5-16H2,1-4H3,(H,21,22);1H. The van der Waals surface area contributed by atoms with Crippen LogP contribution in [0, 0.1) is 11.8 Å². The van der Waals surface area contributed by atoms with Gasteiger partial charge < -0.3 is 19.9 Å². The van der Waals surface area contributed by atoms with Crippen molar-refractivity contribution in [2.75, 3.05) is 52.9 Å². The van der Waals surface area contributed by atoms with E-state index in [0.717, 1.165) is 56.9 Å². The molecule has 2 heterocycles. The average molecular weight is 480 g/mol. The quantitative estimate of drug-likeness (QED) is 0.262. The van der Waals surface area contributed by atoms with Gasteiger partial charge in [0.05, 0.1) is 6.10 Å². The van der Waals surface area contributed by atoms with Crippen LogP contribution in [0.4, 0.5) is 0 Å². The van der Waals surface area contributed by atoms with Crippen LogP contribution in [0.5, 0.6) is 0 Å². The van der Waals surface area contributed by atoms with Crippen LogP contribution in [-0.4, -0.2) is 74.8 Å². The molecule has 2 fully saturated rings. The summed E-state index contributed by atoms with van der Waals surface area (Å²) in [7, 11) is 1.90. The third kappa shape index (κ3) is 8.30. The van der Waals surface area contributed by atoms with Gasteiger partial charge in [0.25, 0.3) is 0 Å². The van der Waals surface area contributed by atoms with Gasteiger partial charge in [-0.2, -0.15) is 0 Å². The number of nitrogens with zero attached hydrogens (tertiary/aromatic N) is 3. The number of hydrogen-bond donors (Lipinski definition) is 1. The lowest BCUT2D eigenvalue weighted by Crippen LogP contribution is -2.47. The van der Waals surface area contributed by atoms with Crippen LogP contribution in [0.15, 0.2) is 4.99 Å². The van der Waals surface area contributed by atoms with Crippen molar-refractivity contribution in [3.63, 3.8) is 0 Å². The molecule has 2 rings (SSSR count). The molecule has 154 valence electrons. The Balaban J connectivity index is 0.00000338. The molecule has 0 saturated carbocycles. The predicted octanol–water partition coefficient (Wildman–Crippen LogP) is 3.44. The highest BCUT2D eigenvalue weighted by atomic mass is 127. The molecular weight excluding hydrogens is 439 g/mol. The lowest BCUT2D eigenvalue weighted by molar-refractivity contribution is 0.0264. The highest BCUT2D eigenvalue weighted by Crippen LogP contribution is 2.21. The van der Waals surface area contributed by atoms with Crippen LogP contribution in [-0.2, 0) is 4.74 Å². The Hall–Kier alpha value is -0.0800. The smallest absolute Gasteiger partial charge is 0.193 e. The minimum Gasteiger partial charge on any atom is -0.378 e. The van der Waals surface area contributed by atoms with Gasteiger partial charge in [-0.3, -0.25) is 4.99 Å². The first kappa shape index (κ1) is 24.0. The molecule has 2 unspecified atom stereocenters. The van der Waals surface area contributed by atoms with Crippen molar-refractivity contribution >= 4 is 29.9 Å². The number of nitrogens with one attached hydrogen (secondary N) is 1. The molecule has 0 aliphatic carbocycles. The van der Waals surface area contributed by atoms with Gasteiger partial charge in [0, 0.05) is 46.4 Å². The molecular formula is C20H41IN4O. The van der Waals surface area contributed by atoms with E-state index < -0.39 is 0 Å². The number of hydrogen-bond acceptors (Lipinski definition) is 3. The minimum atomic E-state index is 0. The fourth-order valence-electron chi connectivity index (χ4n) is 4.44. The number of unbranched alkanes of at least 4 members (excludes halogenated alkanes) is 1. The van der Waals surface area contributed by atoms with E-state index in [1.165, 1.54) is 38.9 Å². The third-order valence-electron chi connectivity index (χ3n) is 5.48. The van der Waals surface area contributed by atoms with Gasteiger partial charge in [-0.15, -0.1) is 24.0 Å². The van der Waals surface area contributed by atoms with Gasteiger partial charge in [0.15, 0.2) is 5.96 Å². The van der Waals surface area contributed by atoms with Gasteiger partial charge in [-0.1, -0.05) is 13.8 Å². The Morgan fingerprint density at radius 3 is 2.35 bits per heavy atom. The summed E-state index contributed by atoms with van der Waals surface area (Å²) in [5.41, 5.74) is 0. The molecule has 2 atom stereocenters. The Bertz CT molecular complexity index is 389. The Kier molecular flexibility index (Phi) is 12.1. The van der Waals surface area contributed by atoms with E-state index in [0.29, 0.717) is 6.10 Å². The third-order valence-corrected chi connectivity index (χ3v) is 5.48. The summed E-state index contributed by atoms with van der Waals surface area (Å²) in [4.78, 5) is 9.51. The molecule has 5 nitrogen and oxygen atoms in total. The summed E-state index contributed by atoms with van der Waals surface area (Å²) in [6, 6.07) is 0. The fourth-order valence-corrected chi connectivity index (χ4v) is 4.44. The van der Waals surface area contributed by atoms with Crippen molar-refractivity contribution in [3.05, 3.63) is 0 Å². The van der Waals surface area contributed by atoms with Crippen LogP contribution in [0.3, 0.4) is 0 Å². The van der Waals surface area contributed by atoms with Gasteiger partial charge in [0.2, 0.25) is 0 Å². The SMILES string of the molecule is CCOC1CCN(C(=NC)NCCCCN2CC(C)CC(C)C2)CC1.I. The molecule has 0 radical (unpaired) electrons.